The fourth-order valence-electron chi connectivity index (χ4n) is 3.71. The maximum Gasteiger partial charge on any atom is 0.416 e. The Morgan fingerprint density at radius 2 is 2.06 bits per heavy atom. The Morgan fingerprint density at radius 3 is 2.77 bits per heavy atom. The molecule has 0 fully saturated rings. The molecule has 1 aromatic carbocycles. The number of aromatic nitrogens is 4. The zero-order valence-corrected chi connectivity index (χ0v) is 16.6. The topological polar surface area (TPSA) is 87.0 Å². The minimum absolute atomic E-state index is 0.0820. The summed E-state index contributed by atoms with van der Waals surface area (Å²) in [5.41, 5.74) is -0.901. The SMILES string of the molecule is O=c1[nH]ncc(N2Cc3ncc(Cc4ccc(F)cc4C(F)(F)F)n3CC2CO)c1Cl. The van der Waals surface area contributed by atoms with Crippen molar-refractivity contribution in [1.82, 2.24) is 19.7 Å². The normalized spacial score (nSPS) is 16.5. The molecule has 1 unspecified atom stereocenters. The molecule has 1 atom stereocenters. The second-order valence-electron chi connectivity index (χ2n) is 7.12. The van der Waals surface area contributed by atoms with Gasteiger partial charge in [-0.3, -0.25) is 4.79 Å². The summed E-state index contributed by atoms with van der Waals surface area (Å²) >= 11 is 6.09. The first-order valence-electron chi connectivity index (χ1n) is 9.18. The van der Waals surface area contributed by atoms with Gasteiger partial charge in [-0.25, -0.2) is 14.5 Å². The van der Waals surface area contributed by atoms with Gasteiger partial charge in [-0.05, 0) is 17.7 Å². The molecule has 4 rings (SSSR count). The second-order valence-corrected chi connectivity index (χ2v) is 7.49. The minimum atomic E-state index is -4.70. The van der Waals surface area contributed by atoms with Gasteiger partial charge in [0.15, 0.2) is 0 Å². The van der Waals surface area contributed by atoms with Crippen molar-refractivity contribution in [2.24, 2.45) is 0 Å². The number of rotatable bonds is 4. The molecular formula is C19H16ClF4N5O2. The van der Waals surface area contributed by atoms with Crippen molar-refractivity contribution < 1.29 is 22.7 Å². The highest BCUT2D eigenvalue weighted by Crippen LogP contribution is 2.34. The number of H-pyrrole nitrogens is 1. The van der Waals surface area contributed by atoms with E-state index in [1.165, 1.54) is 12.4 Å². The van der Waals surface area contributed by atoms with Crippen LogP contribution in [0.4, 0.5) is 23.2 Å². The quantitative estimate of drug-likeness (QED) is 0.588. The number of imidazole rings is 1. The summed E-state index contributed by atoms with van der Waals surface area (Å²) in [4.78, 5) is 17.8. The standard InChI is InChI=1S/C19H16ClF4N5O2/c20-17-15(6-26-27-18(17)31)28-8-16-25-5-12(29(16)7-13(28)9-30)3-10-1-2-11(21)4-14(10)19(22,23)24/h1-2,4-6,13,30H,3,7-9H2,(H,27,31). The van der Waals surface area contributed by atoms with Crippen LogP contribution < -0.4 is 10.5 Å². The van der Waals surface area contributed by atoms with E-state index in [0.29, 0.717) is 23.3 Å². The molecule has 3 aromatic rings. The molecule has 0 amide bonds. The Morgan fingerprint density at radius 1 is 1.29 bits per heavy atom. The van der Waals surface area contributed by atoms with E-state index in [2.05, 4.69) is 15.2 Å². The van der Waals surface area contributed by atoms with Gasteiger partial charge in [0.25, 0.3) is 5.56 Å². The predicted molar refractivity (Wildman–Crippen MR) is 103 cm³/mol. The van der Waals surface area contributed by atoms with Gasteiger partial charge in [0.2, 0.25) is 0 Å². The molecule has 2 N–H and O–H groups in total. The van der Waals surface area contributed by atoms with Crippen LogP contribution in [0, 0.1) is 5.82 Å². The molecule has 1 aliphatic heterocycles. The Balaban J connectivity index is 1.68. The summed E-state index contributed by atoms with van der Waals surface area (Å²) in [6.07, 6.45) is -2.00. The highest BCUT2D eigenvalue weighted by Gasteiger charge is 2.35. The van der Waals surface area contributed by atoms with Crippen LogP contribution in [0.3, 0.4) is 0 Å². The van der Waals surface area contributed by atoms with Crippen molar-refractivity contribution in [3.63, 3.8) is 0 Å². The fraction of sp³-hybridized carbons (Fsp3) is 0.316. The molecule has 0 spiro atoms. The molecule has 0 saturated heterocycles. The predicted octanol–water partition coefficient (Wildman–Crippen LogP) is 2.75. The second kappa shape index (κ2) is 7.97. The average molecular weight is 458 g/mol. The molecule has 3 heterocycles. The molecule has 0 radical (unpaired) electrons. The van der Waals surface area contributed by atoms with Crippen LogP contribution in [0.15, 0.2) is 35.4 Å². The molecule has 0 aliphatic carbocycles. The lowest BCUT2D eigenvalue weighted by Gasteiger charge is -2.37. The van der Waals surface area contributed by atoms with Gasteiger partial charge in [-0.1, -0.05) is 17.7 Å². The van der Waals surface area contributed by atoms with Gasteiger partial charge in [0.05, 0.1) is 36.6 Å². The molecule has 2 aromatic heterocycles. The van der Waals surface area contributed by atoms with E-state index in [1.807, 2.05) is 0 Å². The molecule has 0 bridgehead atoms. The van der Waals surface area contributed by atoms with Gasteiger partial charge in [0.1, 0.15) is 16.7 Å². The molecule has 1 aliphatic rings. The van der Waals surface area contributed by atoms with E-state index in [1.54, 1.807) is 9.47 Å². The number of alkyl halides is 3. The summed E-state index contributed by atoms with van der Waals surface area (Å²) < 4.78 is 55.2. The smallest absolute Gasteiger partial charge is 0.394 e. The fourth-order valence-corrected chi connectivity index (χ4v) is 3.91. The first-order valence-corrected chi connectivity index (χ1v) is 9.56. The minimum Gasteiger partial charge on any atom is -0.394 e. The molecule has 12 heteroatoms. The van der Waals surface area contributed by atoms with Gasteiger partial charge in [-0.2, -0.15) is 18.3 Å². The van der Waals surface area contributed by atoms with E-state index in [9.17, 15) is 27.5 Å². The Labute approximate surface area is 177 Å². The number of hydrogen-bond donors (Lipinski definition) is 2. The van der Waals surface area contributed by atoms with Crippen molar-refractivity contribution in [3.8, 4) is 0 Å². The molecule has 0 saturated carbocycles. The molecular weight excluding hydrogens is 442 g/mol. The number of benzene rings is 1. The molecule has 31 heavy (non-hydrogen) atoms. The monoisotopic (exact) mass is 457 g/mol. The van der Waals surface area contributed by atoms with Crippen molar-refractivity contribution in [3.05, 3.63) is 74.4 Å². The van der Waals surface area contributed by atoms with Crippen LogP contribution >= 0.6 is 11.6 Å². The van der Waals surface area contributed by atoms with Gasteiger partial charge in [0, 0.05) is 24.9 Å². The van der Waals surface area contributed by atoms with Gasteiger partial charge in [-0.15, -0.1) is 0 Å². The van der Waals surface area contributed by atoms with Crippen LogP contribution in [0.25, 0.3) is 0 Å². The van der Waals surface area contributed by atoms with Crippen LogP contribution in [0.2, 0.25) is 5.02 Å². The largest absolute Gasteiger partial charge is 0.416 e. The number of nitrogens with zero attached hydrogens (tertiary/aromatic N) is 4. The van der Waals surface area contributed by atoms with E-state index in [-0.39, 0.29) is 36.7 Å². The lowest BCUT2D eigenvalue weighted by Crippen LogP contribution is -2.46. The lowest BCUT2D eigenvalue weighted by atomic mass is 10.0. The number of aliphatic hydroxyl groups is 1. The Hall–Kier alpha value is -2.92. The Kier molecular flexibility index (Phi) is 5.48. The molecule has 164 valence electrons. The Bertz CT molecular complexity index is 1180. The number of hydrogen-bond acceptors (Lipinski definition) is 5. The number of anilines is 1. The van der Waals surface area contributed by atoms with E-state index in [0.717, 1.165) is 12.1 Å². The van der Waals surface area contributed by atoms with Crippen molar-refractivity contribution in [2.75, 3.05) is 11.5 Å². The average Bonchev–Trinajstić information content (AvgIpc) is 3.11. The van der Waals surface area contributed by atoms with Gasteiger partial charge < -0.3 is 14.6 Å². The van der Waals surface area contributed by atoms with E-state index >= 15 is 0 Å². The maximum absolute atomic E-state index is 13.4. The number of halogens is 5. The number of nitrogens with one attached hydrogen (secondary N) is 1. The third-order valence-corrected chi connectivity index (χ3v) is 5.58. The number of fused-ring (bicyclic) bond motifs is 1. The maximum atomic E-state index is 13.4. The van der Waals surface area contributed by atoms with Crippen LogP contribution in [0.5, 0.6) is 0 Å². The van der Waals surface area contributed by atoms with Crippen LogP contribution in [-0.2, 0) is 25.7 Å². The zero-order valence-electron chi connectivity index (χ0n) is 15.8. The third-order valence-electron chi connectivity index (χ3n) is 5.21. The van der Waals surface area contributed by atoms with Gasteiger partial charge >= 0.3 is 6.18 Å². The summed E-state index contributed by atoms with van der Waals surface area (Å²) in [7, 11) is 0. The van der Waals surface area contributed by atoms with E-state index < -0.39 is 29.2 Å². The number of aliphatic hydroxyl groups excluding tert-OH is 1. The summed E-state index contributed by atoms with van der Waals surface area (Å²) in [6, 6.07) is 2.05. The first kappa shape index (κ1) is 21.3. The lowest BCUT2D eigenvalue weighted by molar-refractivity contribution is -0.138. The highest BCUT2D eigenvalue weighted by molar-refractivity contribution is 6.33. The first-order chi connectivity index (χ1) is 14.7. The number of aromatic amines is 1. The van der Waals surface area contributed by atoms with Crippen LogP contribution in [0.1, 0.15) is 22.6 Å². The van der Waals surface area contributed by atoms with Crippen LogP contribution in [-0.4, -0.2) is 37.5 Å². The van der Waals surface area contributed by atoms with Crippen molar-refractivity contribution in [2.45, 2.75) is 31.7 Å². The summed E-state index contributed by atoms with van der Waals surface area (Å²) in [6.45, 7) is 0.0585. The summed E-state index contributed by atoms with van der Waals surface area (Å²) in [5, 5.41) is 15.8. The third kappa shape index (κ3) is 4.02. The zero-order chi connectivity index (χ0) is 22.3. The molecule has 7 nitrogen and oxygen atoms in total. The highest BCUT2D eigenvalue weighted by atomic mass is 35.5. The van der Waals surface area contributed by atoms with Crippen molar-refractivity contribution in [1.29, 1.82) is 0 Å². The van der Waals surface area contributed by atoms with Crippen molar-refractivity contribution >= 4 is 17.3 Å². The van der Waals surface area contributed by atoms with E-state index in [4.69, 9.17) is 11.6 Å². The summed E-state index contributed by atoms with van der Waals surface area (Å²) in [5.74, 6) is -0.447.